The van der Waals surface area contributed by atoms with Crippen molar-refractivity contribution in [3.05, 3.63) is 113 Å². The number of halogens is 1. The maximum absolute atomic E-state index is 13.5. The van der Waals surface area contributed by atoms with Crippen LogP contribution in [0.2, 0.25) is 0 Å². The highest BCUT2D eigenvalue weighted by molar-refractivity contribution is 6.07. The summed E-state index contributed by atoms with van der Waals surface area (Å²) < 4.78 is 19.6. The molecule has 2 heterocycles. The van der Waals surface area contributed by atoms with E-state index in [-0.39, 0.29) is 17.3 Å². The Morgan fingerprint density at radius 2 is 1.74 bits per heavy atom. The largest absolute Gasteiger partial charge is 0.455 e. The Balaban J connectivity index is 1.40. The van der Waals surface area contributed by atoms with Gasteiger partial charge in [-0.3, -0.25) is 9.59 Å². The maximum atomic E-state index is 13.5. The van der Waals surface area contributed by atoms with Crippen molar-refractivity contribution >= 4 is 23.3 Å². The van der Waals surface area contributed by atoms with E-state index >= 15 is 0 Å². The Morgan fingerprint density at radius 1 is 0.971 bits per heavy atom. The van der Waals surface area contributed by atoms with Crippen LogP contribution >= 0.6 is 0 Å². The third-order valence-corrected chi connectivity index (χ3v) is 5.62. The van der Waals surface area contributed by atoms with Crippen molar-refractivity contribution in [1.82, 2.24) is 4.98 Å². The summed E-state index contributed by atoms with van der Waals surface area (Å²) in [6.45, 7) is 2.06. The van der Waals surface area contributed by atoms with Crippen LogP contribution in [0, 0.1) is 12.7 Å². The van der Waals surface area contributed by atoms with Gasteiger partial charge in [0.25, 0.3) is 11.8 Å². The molecule has 4 aromatic rings. The molecule has 34 heavy (non-hydrogen) atoms. The smallest absolute Gasteiger partial charge is 0.260 e. The summed E-state index contributed by atoms with van der Waals surface area (Å²) in [7, 11) is 0. The fourth-order valence-electron chi connectivity index (χ4n) is 3.83. The van der Waals surface area contributed by atoms with Crippen LogP contribution in [-0.2, 0) is 6.54 Å². The number of amides is 2. The number of carbonyl (C=O) groups is 2. The fourth-order valence-corrected chi connectivity index (χ4v) is 3.83. The number of aryl methyl sites for hydroxylation is 1. The number of hydrogen-bond acceptors (Lipinski definition) is 4. The van der Waals surface area contributed by atoms with Crippen LogP contribution in [0.5, 0.6) is 11.5 Å². The molecule has 0 saturated carbocycles. The van der Waals surface area contributed by atoms with Gasteiger partial charge in [-0.05, 0) is 55.0 Å². The number of anilines is 2. The molecule has 0 bridgehead atoms. The molecule has 6 nitrogen and oxygen atoms in total. The minimum absolute atomic E-state index is 0.224. The minimum Gasteiger partial charge on any atom is -0.455 e. The highest BCUT2D eigenvalue weighted by Crippen LogP contribution is 2.39. The van der Waals surface area contributed by atoms with Gasteiger partial charge in [0.2, 0.25) is 0 Å². The molecule has 0 fully saturated rings. The molecule has 1 aliphatic rings. The Labute approximate surface area is 195 Å². The molecular formula is C27H20FN3O3. The van der Waals surface area contributed by atoms with Crippen molar-refractivity contribution in [3.63, 3.8) is 0 Å². The van der Waals surface area contributed by atoms with Crippen LogP contribution in [0.4, 0.5) is 15.9 Å². The quantitative estimate of drug-likeness (QED) is 0.430. The molecule has 7 heteroatoms. The molecule has 1 aromatic heterocycles. The molecule has 5 rings (SSSR count). The number of rotatable bonds is 3. The summed E-state index contributed by atoms with van der Waals surface area (Å²) in [6, 6.07) is 22.1. The maximum Gasteiger partial charge on any atom is 0.260 e. The van der Waals surface area contributed by atoms with Crippen LogP contribution in [0.1, 0.15) is 31.8 Å². The fraction of sp³-hybridized carbons (Fsp3) is 0.0741. The molecule has 0 saturated heterocycles. The van der Waals surface area contributed by atoms with E-state index in [0.717, 1.165) is 5.56 Å². The number of hydrogen-bond donors (Lipinski definition) is 1. The van der Waals surface area contributed by atoms with Gasteiger partial charge < -0.3 is 15.0 Å². The number of fused-ring (bicyclic) bond motifs is 2. The zero-order valence-electron chi connectivity index (χ0n) is 18.3. The molecule has 0 radical (unpaired) electrons. The summed E-state index contributed by atoms with van der Waals surface area (Å²) in [6.07, 6.45) is 1.41. The second kappa shape index (κ2) is 8.78. The van der Waals surface area contributed by atoms with Crippen LogP contribution in [0.3, 0.4) is 0 Å². The lowest BCUT2D eigenvalue weighted by molar-refractivity contribution is 0.0984. The number of nitrogens with one attached hydrogen (secondary N) is 1. The van der Waals surface area contributed by atoms with E-state index in [1.807, 2.05) is 48.5 Å². The van der Waals surface area contributed by atoms with Crippen molar-refractivity contribution in [2.75, 3.05) is 10.2 Å². The molecule has 0 atom stereocenters. The van der Waals surface area contributed by atoms with E-state index in [9.17, 15) is 14.0 Å². The van der Waals surface area contributed by atoms with Gasteiger partial charge in [0.15, 0.2) is 5.75 Å². The lowest BCUT2D eigenvalue weighted by atomic mass is 10.1. The predicted molar refractivity (Wildman–Crippen MR) is 127 cm³/mol. The Bertz CT molecular complexity index is 1400. The summed E-state index contributed by atoms with van der Waals surface area (Å²) in [5.41, 5.74) is 2.76. The van der Waals surface area contributed by atoms with Gasteiger partial charge in [0, 0.05) is 17.3 Å². The van der Waals surface area contributed by atoms with E-state index in [1.54, 1.807) is 30.0 Å². The number of aromatic nitrogens is 1. The van der Waals surface area contributed by atoms with Gasteiger partial charge in [-0.15, -0.1) is 0 Å². The first-order chi connectivity index (χ1) is 16.5. The van der Waals surface area contributed by atoms with Crippen LogP contribution in [-0.4, -0.2) is 16.8 Å². The van der Waals surface area contributed by atoms with Crippen LogP contribution in [0.25, 0.3) is 0 Å². The summed E-state index contributed by atoms with van der Waals surface area (Å²) in [4.78, 5) is 31.9. The molecule has 168 valence electrons. The first-order valence-corrected chi connectivity index (χ1v) is 10.7. The topological polar surface area (TPSA) is 71.5 Å². The van der Waals surface area contributed by atoms with Gasteiger partial charge in [-0.2, -0.15) is 0 Å². The average Bonchev–Trinajstić information content (AvgIpc) is 3.02. The Hall–Kier alpha value is -4.52. The molecule has 1 N–H and O–H groups in total. The van der Waals surface area contributed by atoms with E-state index in [1.165, 1.54) is 18.3 Å². The molecule has 0 aliphatic carbocycles. The Morgan fingerprint density at radius 3 is 2.53 bits per heavy atom. The zero-order chi connectivity index (χ0) is 23.7. The first kappa shape index (κ1) is 21.3. The number of pyridine rings is 1. The molecule has 1 aliphatic heterocycles. The van der Waals surface area contributed by atoms with Gasteiger partial charge >= 0.3 is 0 Å². The third kappa shape index (κ3) is 4.11. The normalized spacial score (nSPS) is 12.1. The van der Waals surface area contributed by atoms with Crippen molar-refractivity contribution < 1.29 is 18.7 Å². The summed E-state index contributed by atoms with van der Waals surface area (Å²) in [5.74, 6) is 0.332. The highest BCUT2D eigenvalue weighted by Gasteiger charge is 2.26. The molecule has 0 spiro atoms. The SMILES string of the molecule is Cc1ccc(F)cc1C(=O)Nc1ccc(C(=O)N2Cc3ccccc3Oc3ccccc32)cn1. The molecule has 3 aromatic carbocycles. The Kier molecular flexibility index (Phi) is 5.51. The van der Waals surface area contributed by atoms with Gasteiger partial charge in [-0.25, -0.2) is 9.37 Å². The monoisotopic (exact) mass is 453 g/mol. The van der Waals surface area contributed by atoms with E-state index in [0.29, 0.717) is 34.9 Å². The molecule has 2 amide bonds. The molecular weight excluding hydrogens is 433 g/mol. The number of ether oxygens (including phenoxy) is 1. The lowest BCUT2D eigenvalue weighted by Gasteiger charge is -2.22. The highest BCUT2D eigenvalue weighted by atomic mass is 19.1. The van der Waals surface area contributed by atoms with Crippen LogP contribution in [0.15, 0.2) is 85.1 Å². The summed E-state index contributed by atoms with van der Waals surface area (Å²) >= 11 is 0. The standard InChI is InChI=1S/C27H20FN3O3/c1-17-10-12-20(28)14-21(17)26(32)30-25-13-11-18(15-29-25)27(33)31-16-19-6-2-4-8-23(19)34-24-9-5-3-7-22(24)31/h2-15H,16H2,1H3,(H,29,30,32). The number of benzene rings is 3. The van der Waals surface area contributed by atoms with Gasteiger partial charge in [-0.1, -0.05) is 36.4 Å². The number of para-hydroxylation sites is 3. The third-order valence-electron chi connectivity index (χ3n) is 5.62. The van der Waals surface area contributed by atoms with Gasteiger partial charge in [0.1, 0.15) is 17.4 Å². The van der Waals surface area contributed by atoms with E-state index in [2.05, 4.69) is 10.3 Å². The minimum atomic E-state index is -0.493. The van der Waals surface area contributed by atoms with E-state index < -0.39 is 11.7 Å². The average molecular weight is 453 g/mol. The zero-order valence-corrected chi connectivity index (χ0v) is 18.3. The second-order valence-electron chi connectivity index (χ2n) is 7.91. The first-order valence-electron chi connectivity index (χ1n) is 10.7. The van der Waals surface area contributed by atoms with Crippen molar-refractivity contribution in [1.29, 1.82) is 0 Å². The van der Waals surface area contributed by atoms with Crippen molar-refractivity contribution in [2.24, 2.45) is 0 Å². The van der Waals surface area contributed by atoms with Crippen molar-refractivity contribution in [2.45, 2.75) is 13.5 Å². The lowest BCUT2D eigenvalue weighted by Crippen LogP contribution is -2.30. The van der Waals surface area contributed by atoms with Gasteiger partial charge in [0.05, 0.1) is 17.8 Å². The molecule has 0 unspecified atom stereocenters. The number of carbonyl (C=O) groups excluding carboxylic acids is 2. The van der Waals surface area contributed by atoms with Crippen molar-refractivity contribution in [3.8, 4) is 11.5 Å². The van der Waals surface area contributed by atoms with E-state index in [4.69, 9.17) is 4.74 Å². The second-order valence-corrected chi connectivity index (χ2v) is 7.91. The number of nitrogens with zero attached hydrogens (tertiary/aromatic N) is 2. The summed E-state index contributed by atoms with van der Waals surface area (Å²) in [5, 5.41) is 2.65. The predicted octanol–water partition coefficient (Wildman–Crippen LogP) is 5.73. The van der Waals surface area contributed by atoms with Crippen LogP contribution < -0.4 is 15.0 Å².